The SMILES string of the molecule is CN1CCN(CCCc2ccccc2S(=O)(=O)[O-])CC1.[Na+]. The van der Waals surface area contributed by atoms with Crippen molar-refractivity contribution in [1.29, 1.82) is 0 Å². The third-order valence-electron chi connectivity index (χ3n) is 3.76. The summed E-state index contributed by atoms with van der Waals surface area (Å²) in [6.45, 7) is 5.20. The van der Waals surface area contributed by atoms with E-state index >= 15 is 0 Å². The zero-order valence-electron chi connectivity index (χ0n) is 12.8. The first-order valence-corrected chi connectivity index (χ1v) is 8.32. The monoisotopic (exact) mass is 320 g/mol. The molecule has 0 aliphatic carbocycles. The van der Waals surface area contributed by atoms with Gasteiger partial charge in [-0.15, -0.1) is 0 Å². The average Bonchev–Trinajstić information content (AvgIpc) is 2.40. The number of hydrogen-bond acceptors (Lipinski definition) is 5. The predicted molar refractivity (Wildman–Crippen MR) is 76.7 cm³/mol. The molecule has 2 rings (SSSR count). The molecule has 5 nitrogen and oxygen atoms in total. The van der Waals surface area contributed by atoms with Gasteiger partial charge in [-0.25, -0.2) is 8.42 Å². The molecule has 0 N–H and O–H groups in total. The maximum Gasteiger partial charge on any atom is 1.00 e. The summed E-state index contributed by atoms with van der Waals surface area (Å²) in [6, 6.07) is 6.50. The van der Waals surface area contributed by atoms with Crippen molar-refractivity contribution in [3.05, 3.63) is 29.8 Å². The second kappa shape index (κ2) is 8.62. The van der Waals surface area contributed by atoms with Gasteiger partial charge in [-0.3, -0.25) is 0 Å². The van der Waals surface area contributed by atoms with E-state index in [1.54, 1.807) is 18.2 Å². The van der Waals surface area contributed by atoms with E-state index in [0.717, 1.165) is 39.1 Å². The van der Waals surface area contributed by atoms with Gasteiger partial charge in [0.2, 0.25) is 0 Å². The molecule has 0 aromatic heterocycles. The van der Waals surface area contributed by atoms with Crippen LogP contribution in [-0.4, -0.2) is 62.5 Å². The Hall–Kier alpha value is 0.0500. The first-order valence-electron chi connectivity index (χ1n) is 6.91. The average molecular weight is 320 g/mol. The largest absolute Gasteiger partial charge is 1.00 e. The molecule has 0 radical (unpaired) electrons. The molecule has 1 aromatic rings. The van der Waals surface area contributed by atoms with Crippen LogP contribution in [-0.2, 0) is 16.5 Å². The van der Waals surface area contributed by atoms with Crippen LogP contribution < -0.4 is 29.6 Å². The second-order valence-corrected chi connectivity index (χ2v) is 6.66. The zero-order chi connectivity index (χ0) is 14.6. The van der Waals surface area contributed by atoms with Crippen LogP contribution in [0.1, 0.15) is 12.0 Å². The summed E-state index contributed by atoms with van der Waals surface area (Å²) in [5.74, 6) is 0. The van der Waals surface area contributed by atoms with Crippen molar-refractivity contribution >= 4 is 10.1 Å². The molecule has 1 heterocycles. The fraction of sp³-hybridized carbons (Fsp3) is 0.571. The molecule has 0 amide bonds. The van der Waals surface area contributed by atoms with Crippen LogP contribution in [0.4, 0.5) is 0 Å². The molecule has 0 unspecified atom stereocenters. The summed E-state index contributed by atoms with van der Waals surface area (Å²) < 4.78 is 33.5. The van der Waals surface area contributed by atoms with Crippen LogP contribution in [0.2, 0.25) is 0 Å². The van der Waals surface area contributed by atoms with Gasteiger partial charge in [0.1, 0.15) is 10.1 Å². The number of benzene rings is 1. The molecule has 1 aliphatic rings. The molecule has 1 saturated heterocycles. The van der Waals surface area contributed by atoms with E-state index in [4.69, 9.17) is 0 Å². The Labute approximate surface area is 149 Å². The molecule has 112 valence electrons. The normalized spacial score (nSPS) is 17.4. The molecule has 1 aromatic carbocycles. The Morgan fingerprint density at radius 1 is 1.14 bits per heavy atom. The Balaban J connectivity index is 0.00000220. The molecule has 1 aliphatic heterocycles. The number of rotatable bonds is 5. The molecule has 7 heteroatoms. The van der Waals surface area contributed by atoms with Gasteiger partial charge >= 0.3 is 29.6 Å². The molecule has 0 saturated carbocycles. The molecular formula is C14H21N2NaO3S. The van der Waals surface area contributed by atoms with Gasteiger partial charge in [0, 0.05) is 26.2 Å². The van der Waals surface area contributed by atoms with Gasteiger partial charge in [0.15, 0.2) is 0 Å². The zero-order valence-corrected chi connectivity index (χ0v) is 15.6. The van der Waals surface area contributed by atoms with Gasteiger partial charge in [-0.1, -0.05) is 18.2 Å². The van der Waals surface area contributed by atoms with Crippen LogP contribution in [0.25, 0.3) is 0 Å². The van der Waals surface area contributed by atoms with Crippen molar-refractivity contribution in [2.24, 2.45) is 0 Å². The number of hydrogen-bond donors (Lipinski definition) is 0. The van der Waals surface area contributed by atoms with Gasteiger partial charge in [-0.2, -0.15) is 0 Å². The van der Waals surface area contributed by atoms with Crippen LogP contribution in [0.3, 0.4) is 0 Å². The smallest absolute Gasteiger partial charge is 0.744 e. The Bertz CT molecular complexity index is 543. The van der Waals surface area contributed by atoms with Gasteiger partial charge in [0.25, 0.3) is 0 Å². The molecule has 0 spiro atoms. The number of likely N-dealkylation sites (N-methyl/N-ethyl adjacent to an activating group) is 1. The minimum absolute atomic E-state index is 0. The fourth-order valence-corrected chi connectivity index (χ4v) is 3.26. The van der Waals surface area contributed by atoms with E-state index in [9.17, 15) is 13.0 Å². The van der Waals surface area contributed by atoms with E-state index < -0.39 is 10.1 Å². The minimum Gasteiger partial charge on any atom is -0.744 e. The summed E-state index contributed by atoms with van der Waals surface area (Å²) in [5, 5.41) is 0. The maximum atomic E-state index is 11.2. The summed E-state index contributed by atoms with van der Waals surface area (Å²) >= 11 is 0. The topological polar surface area (TPSA) is 63.7 Å². The van der Waals surface area contributed by atoms with E-state index in [2.05, 4.69) is 16.8 Å². The Morgan fingerprint density at radius 2 is 1.76 bits per heavy atom. The summed E-state index contributed by atoms with van der Waals surface area (Å²) in [4.78, 5) is 4.61. The quantitative estimate of drug-likeness (QED) is 0.454. The fourth-order valence-electron chi connectivity index (χ4n) is 2.52. The third kappa shape index (κ3) is 5.98. The van der Waals surface area contributed by atoms with Crippen LogP contribution in [0.5, 0.6) is 0 Å². The van der Waals surface area contributed by atoms with Crippen LogP contribution >= 0.6 is 0 Å². The van der Waals surface area contributed by atoms with Crippen LogP contribution in [0.15, 0.2) is 29.2 Å². The van der Waals surface area contributed by atoms with Gasteiger partial charge in [-0.05, 0) is 38.1 Å². The van der Waals surface area contributed by atoms with Crippen LogP contribution in [0, 0.1) is 0 Å². The predicted octanol–water partition coefficient (Wildman–Crippen LogP) is -2.23. The van der Waals surface area contributed by atoms with E-state index in [1.165, 1.54) is 6.07 Å². The number of aryl methyl sites for hydroxylation is 1. The van der Waals surface area contributed by atoms with Gasteiger partial charge < -0.3 is 14.4 Å². The molecule has 0 bridgehead atoms. The number of nitrogens with zero attached hydrogens (tertiary/aromatic N) is 2. The van der Waals surface area contributed by atoms with E-state index in [1.807, 2.05) is 0 Å². The van der Waals surface area contributed by atoms with Crippen molar-refractivity contribution in [2.45, 2.75) is 17.7 Å². The molecule has 1 fully saturated rings. The minimum atomic E-state index is -4.37. The Morgan fingerprint density at radius 3 is 2.38 bits per heavy atom. The molecule has 0 atom stereocenters. The maximum absolute atomic E-state index is 11.2. The summed E-state index contributed by atoms with van der Waals surface area (Å²) in [5.41, 5.74) is 0.636. The van der Waals surface area contributed by atoms with Crippen molar-refractivity contribution < 1.29 is 42.5 Å². The first kappa shape index (κ1) is 19.1. The van der Waals surface area contributed by atoms with E-state index in [0.29, 0.717) is 12.0 Å². The standard InChI is InChI=1S/C14H22N2O3S.Na/c1-15-9-11-16(12-10-15)8-4-6-13-5-2-3-7-14(13)20(17,18)19;/h2-3,5,7H,4,6,8-12H2,1H3,(H,17,18,19);/q;+1/p-1. The number of piperazine rings is 1. The second-order valence-electron chi connectivity index (χ2n) is 5.31. The summed E-state index contributed by atoms with van der Waals surface area (Å²) in [7, 11) is -2.25. The van der Waals surface area contributed by atoms with Gasteiger partial charge in [0.05, 0.1) is 4.90 Å². The Kier molecular flexibility index (Phi) is 7.84. The van der Waals surface area contributed by atoms with Crippen molar-refractivity contribution in [3.63, 3.8) is 0 Å². The van der Waals surface area contributed by atoms with Crippen molar-refractivity contribution in [1.82, 2.24) is 9.80 Å². The summed E-state index contributed by atoms with van der Waals surface area (Å²) in [6.07, 6.45) is 1.50. The molecule has 21 heavy (non-hydrogen) atoms. The van der Waals surface area contributed by atoms with Crippen molar-refractivity contribution in [2.75, 3.05) is 39.8 Å². The molecular weight excluding hydrogens is 299 g/mol. The van der Waals surface area contributed by atoms with Crippen molar-refractivity contribution in [3.8, 4) is 0 Å². The first-order chi connectivity index (χ1) is 9.47. The third-order valence-corrected chi connectivity index (χ3v) is 4.70. The van der Waals surface area contributed by atoms with E-state index in [-0.39, 0.29) is 34.5 Å².